The second-order valence-electron chi connectivity index (χ2n) is 4.53. The average Bonchev–Trinajstić information content (AvgIpc) is 2.34. The number of rotatable bonds is 2. The maximum atomic E-state index is 12.2. The molecule has 2 rings (SSSR count). The first-order valence-electron chi connectivity index (χ1n) is 6.06. The van der Waals surface area contributed by atoms with Gasteiger partial charge in [-0.2, -0.15) is 0 Å². The van der Waals surface area contributed by atoms with E-state index in [9.17, 15) is 4.79 Å². The Morgan fingerprint density at radius 1 is 1.50 bits per heavy atom. The van der Waals surface area contributed by atoms with Crippen LogP contribution in [0.1, 0.15) is 24.8 Å². The molecule has 1 unspecified atom stereocenters. The maximum absolute atomic E-state index is 12.2. The Morgan fingerprint density at radius 3 is 2.89 bits per heavy atom. The summed E-state index contributed by atoms with van der Waals surface area (Å²) in [4.78, 5) is 12.2. The first-order chi connectivity index (χ1) is 8.58. The molecule has 1 heterocycles. The van der Waals surface area contributed by atoms with E-state index < -0.39 is 0 Å². The molecular formula is C13H17BrN2OS. The summed E-state index contributed by atoms with van der Waals surface area (Å²) in [6, 6.07) is 3.77. The SMILES string of the molecule is Cc1cc(Br)cc(N)c1NC(=O)C1CCCCS1. The van der Waals surface area contributed by atoms with Crippen LogP contribution < -0.4 is 11.1 Å². The Hall–Kier alpha value is -0.680. The van der Waals surface area contributed by atoms with Crippen molar-refractivity contribution in [3.05, 3.63) is 22.2 Å². The van der Waals surface area contributed by atoms with Crippen molar-refractivity contribution in [1.82, 2.24) is 0 Å². The van der Waals surface area contributed by atoms with Crippen molar-refractivity contribution in [3.8, 4) is 0 Å². The summed E-state index contributed by atoms with van der Waals surface area (Å²) in [6.45, 7) is 1.95. The molecule has 0 bridgehead atoms. The van der Waals surface area contributed by atoms with Gasteiger partial charge in [-0.1, -0.05) is 22.4 Å². The zero-order valence-electron chi connectivity index (χ0n) is 10.3. The fourth-order valence-corrected chi connectivity index (χ4v) is 3.88. The standard InChI is InChI=1S/C13H17BrN2OS/c1-8-6-9(14)7-10(15)12(8)16-13(17)11-4-2-3-5-18-11/h6-7,11H,2-5,15H2,1H3,(H,16,17). The number of carbonyl (C=O) groups is 1. The molecule has 0 radical (unpaired) electrons. The molecular weight excluding hydrogens is 312 g/mol. The van der Waals surface area contributed by atoms with E-state index >= 15 is 0 Å². The van der Waals surface area contributed by atoms with Crippen molar-refractivity contribution < 1.29 is 4.79 Å². The minimum Gasteiger partial charge on any atom is -0.397 e. The van der Waals surface area contributed by atoms with E-state index in [0.717, 1.165) is 34.3 Å². The van der Waals surface area contributed by atoms with Gasteiger partial charge in [0.25, 0.3) is 0 Å². The number of nitrogen functional groups attached to an aromatic ring is 1. The number of nitrogens with two attached hydrogens (primary N) is 1. The van der Waals surface area contributed by atoms with Gasteiger partial charge in [-0.05, 0) is 43.2 Å². The van der Waals surface area contributed by atoms with Gasteiger partial charge in [-0.3, -0.25) is 4.79 Å². The van der Waals surface area contributed by atoms with E-state index in [1.807, 2.05) is 19.1 Å². The van der Waals surface area contributed by atoms with E-state index in [4.69, 9.17) is 5.73 Å². The van der Waals surface area contributed by atoms with Crippen molar-refractivity contribution in [1.29, 1.82) is 0 Å². The summed E-state index contributed by atoms with van der Waals surface area (Å²) in [5.41, 5.74) is 8.28. The van der Waals surface area contributed by atoms with E-state index in [1.165, 1.54) is 6.42 Å². The van der Waals surface area contributed by atoms with Gasteiger partial charge in [0.1, 0.15) is 0 Å². The number of anilines is 2. The van der Waals surface area contributed by atoms with E-state index in [1.54, 1.807) is 11.8 Å². The fraction of sp³-hybridized carbons (Fsp3) is 0.462. The summed E-state index contributed by atoms with van der Waals surface area (Å²) in [5, 5.41) is 3.04. The Balaban J connectivity index is 2.11. The van der Waals surface area contributed by atoms with Crippen molar-refractivity contribution >= 4 is 45.0 Å². The fourth-order valence-electron chi connectivity index (χ4n) is 2.09. The molecule has 3 N–H and O–H groups in total. The molecule has 1 aliphatic heterocycles. The van der Waals surface area contributed by atoms with Crippen LogP contribution in [0.4, 0.5) is 11.4 Å². The summed E-state index contributed by atoms with van der Waals surface area (Å²) in [6.07, 6.45) is 3.32. The number of hydrogen-bond acceptors (Lipinski definition) is 3. The Morgan fingerprint density at radius 2 is 2.28 bits per heavy atom. The number of nitrogens with one attached hydrogen (secondary N) is 1. The van der Waals surface area contributed by atoms with E-state index in [0.29, 0.717) is 5.69 Å². The van der Waals surface area contributed by atoms with Crippen LogP contribution in [0.15, 0.2) is 16.6 Å². The smallest absolute Gasteiger partial charge is 0.237 e. The highest BCUT2D eigenvalue weighted by Crippen LogP contribution is 2.30. The predicted molar refractivity (Wildman–Crippen MR) is 82.0 cm³/mol. The zero-order valence-corrected chi connectivity index (χ0v) is 12.7. The molecule has 0 aromatic heterocycles. The highest BCUT2D eigenvalue weighted by molar-refractivity contribution is 9.10. The third-order valence-electron chi connectivity index (χ3n) is 3.05. The normalized spacial score (nSPS) is 19.6. The largest absolute Gasteiger partial charge is 0.397 e. The number of hydrogen-bond donors (Lipinski definition) is 2. The molecule has 1 amide bonds. The van der Waals surface area contributed by atoms with Crippen molar-refractivity contribution in [2.24, 2.45) is 0 Å². The van der Waals surface area contributed by atoms with Gasteiger partial charge in [0.15, 0.2) is 0 Å². The third-order valence-corrected chi connectivity index (χ3v) is 4.89. The highest BCUT2D eigenvalue weighted by atomic mass is 79.9. The Labute approximate surface area is 120 Å². The lowest BCUT2D eigenvalue weighted by Crippen LogP contribution is -2.28. The molecule has 5 heteroatoms. The van der Waals surface area contributed by atoms with Crippen LogP contribution in [0.3, 0.4) is 0 Å². The van der Waals surface area contributed by atoms with Gasteiger partial charge in [0.2, 0.25) is 5.91 Å². The number of aryl methyl sites for hydroxylation is 1. The van der Waals surface area contributed by atoms with E-state index in [-0.39, 0.29) is 11.2 Å². The van der Waals surface area contributed by atoms with Crippen molar-refractivity contribution in [2.75, 3.05) is 16.8 Å². The molecule has 1 aromatic carbocycles. The molecule has 0 aliphatic carbocycles. The molecule has 1 aromatic rings. The number of carbonyl (C=O) groups excluding carboxylic acids is 1. The van der Waals surface area contributed by atoms with Gasteiger partial charge < -0.3 is 11.1 Å². The van der Waals surface area contributed by atoms with Crippen LogP contribution in [0.2, 0.25) is 0 Å². The Kier molecular flexibility index (Phi) is 4.56. The number of benzene rings is 1. The average molecular weight is 329 g/mol. The topological polar surface area (TPSA) is 55.1 Å². The first-order valence-corrected chi connectivity index (χ1v) is 7.90. The molecule has 18 heavy (non-hydrogen) atoms. The lowest BCUT2D eigenvalue weighted by atomic mass is 10.1. The van der Waals surface area contributed by atoms with Crippen LogP contribution in [0.25, 0.3) is 0 Å². The van der Waals surface area contributed by atoms with Crippen molar-refractivity contribution in [2.45, 2.75) is 31.4 Å². The molecule has 1 aliphatic rings. The van der Waals surface area contributed by atoms with Crippen LogP contribution >= 0.6 is 27.7 Å². The van der Waals surface area contributed by atoms with Crippen LogP contribution in [-0.2, 0) is 4.79 Å². The van der Waals surface area contributed by atoms with Crippen LogP contribution in [0, 0.1) is 6.92 Å². The van der Waals surface area contributed by atoms with Gasteiger partial charge >= 0.3 is 0 Å². The number of thioether (sulfide) groups is 1. The van der Waals surface area contributed by atoms with Gasteiger partial charge in [-0.15, -0.1) is 11.8 Å². The lowest BCUT2D eigenvalue weighted by Gasteiger charge is -2.21. The third kappa shape index (κ3) is 3.20. The summed E-state index contributed by atoms with van der Waals surface area (Å²) >= 11 is 5.14. The van der Waals surface area contributed by atoms with Gasteiger partial charge in [0, 0.05) is 4.47 Å². The van der Waals surface area contributed by atoms with Gasteiger partial charge in [-0.25, -0.2) is 0 Å². The van der Waals surface area contributed by atoms with E-state index in [2.05, 4.69) is 21.2 Å². The lowest BCUT2D eigenvalue weighted by molar-refractivity contribution is -0.115. The summed E-state index contributed by atoms with van der Waals surface area (Å²) in [7, 11) is 0. The highest BCUT2D eigenvalue weighted by Gasteiger charge is 2.22. The minimum atomic E-state index is 0.0706. The minimum absolute atomic E-state index is 0.0706. The molecule has 98 valence electrons. The monoisotopic (exact) mass is 328 g/mol. The van der Waals surface area contributed by atoms with Crippen LogP contribution in [0.5, 0.6) is 0 Å². The first kappa shape index (κ1) is 13.7. The molecule has 3 nitrogen and oxygen atoms in total. The van der Waals surface area contributed by atoms with Gasteiger partial charge in [0.05, 0.1) is 16.6 Å². The molecule has 1 atom stereocenters. The second-order valence-corrected chi connectivity index (χ2v) is 6.76. The summed E-state index contributed by atoms with van der Waals surface area (Å²) in [5.74, 6) is 1.16. The molecule has 1 fully saturated rings. The molecule has 1 saturated heterocycles. The number of halogens is 1. The zero-order chi connectivity index (χ0) is 13.1. The summed E-state index contributed by atoms with van der Waals surface area (Å²) < 4.78 is 0.933. The van der Waals surface area contributed by atoms with Crippen LogP contribution in [-0.4, -0.2) is 16.9 Å². The maximum Gasteiger partial charge on any atom is 0.237 e. The molecule has 0 saturated carbocycles. The predicted octanol–water partition coefficient (Wildman–Crippen LogP) is 3.56. The second kappa shape index (κ2) is 5.97. The Bertz CT molecular complexity index is 435. The number of amides is 1. The molecule has 0 spiro atoms. The quantitative estimate of drug-likeness (QED) is 0.816. The van der Waals surface area contributed by atoms with Crippen molar-refractivity contribution in [3.63, 3.8) is 0 Å².